The van der Waals surface area contributed by atoms with Crippen molar-refractivity contribution in [1.29, 1.82) is 0 Å². The third-order valence-electron chi connectivity index (χ3n) is 4.64. The summed E-state index contributed by atoms with van der Waals surface area (Å²) in [5.41, 5.74) is 2.06. The van der Waals surface area contributed by atoms with Crippen molar-refractivity contribution in [1.82, 2.24) is 5.32 Å². The second-order valence-corrected chi connectivity index (χ2v) is 9.92. The van der Waals surface area contributed by atoms with Gasteiger partial charge in [0, 0.05) is 5.02 Å². The summed E-state index contributed by atoms with van der Waals surface area (Å²) in [5.74, 6) is 0.0972. The Bertz CT molecular complexity index is 1290. The first-order chi connectivity index (χ1) is 15.7. The van der Waals surface area contributed by atoms with Crippen LogP contribution in [0.1, 0.15) is 11.1 Å². The number of hydrogen-bond donors (Lipinski definition) is 1. The number of anilines is 1. The molecular weight excluding hydrogens is 618 g/mol. The number of amides is 3. The van der Waals surface area contributed by atoms with Crippen LogP contribution < -0.4 is 15.0 Å². The molecule has 1 aliphatic heterocycles. The Balaban J connectivity index is 1.54. The fourth-order valence-electron chi connectivity index (χ4n) is 3.14. The van der Waals surface area contributed by atoms with E-state index >= 15 is 0 Å². The molecule has 168 valence electrons. The van der Waals surface area contributed by atoms with E-state index in [2.05, 4.69) is 37.2 Å². The molecule has 3 amide bonds. The number of carbonyl (C=O) groups is 2. The molecule has 0 spiro atoms. The molecule has 0 bridgehead atoms. The van der Waals surface area contributed by atoms with Crippen LogP contribution >= 0.6 is 66.7 Å². The molecule has 0 aromatic heterocycles. The van der Waals surface area contributed by atoms with Gasteiger partial charge in [0.1, 0.15) is 18.1 Å². The Labute approximate surface area is 221 Å². The largest absolute Gasteiger partial charge is 0.487 e. The fraction of sp³-hybridized carbons (Fsp3) is 0.0435. The van der Waals surface area contributed by atoms with Gasteiger partial charge in [-0.05, 0) is 91.5 Å². The van der Waals surface area contributed by atoms with Crippen LogP contribution in [-0.2, 0) is 11.4 Å². The van der Waals surface area contributed by atoms with Crippen LogP contribution in [0.5, 0.6) is 5.75 Å². The van der Waals surface area contributed by atoms with Gasteiger partial charge in [-0.2, -0.15) is 0 Å². The summed E-state index contributed by atoms with van der Waals surface area (Å²) >= 11 is 25.0. The summed E-state index contributed by atoms with van der Waals surface area (Å²) in [4.78, 5) is 26.3. The third kappa shape index (κ3) is 5.39. The minimum absolute atomic E-state index is 0.142. The van der Waals surface area contributed by atoms with Crippen molar-refractivity contribution in [3.8, 4) is 5.75 Å². The topological polar surface area (TPSA) is 58.6 Å². The van der Waals surface area contributed by atoms with E-state index < -0.39 is 11.9 Å². The zero-order valence-corrected chi connectivity index (χ0v) is 22.0. The molecule has 3 aromatic rings. The Kier molecular flexibility index (Phi) is 7.36. The molecule has 0 aliphatic carbocycles. The molecule has 0 atom stereocenters. The van der Waals surface area contributed by atoms with Gasteiger partial charge in [0.05, 0.1) is 24.7 Å². The van der Waals surface area contributed by atoms with E-state index in [1.54, 1.807) is 54.6 Å². The Morgan fingerprint density at radius 1 is 0.939 bits per heavy atom. The first kappa shape index (κ1) is 24.1. The van der Waals surface area contributed by atoms with Gasteiger partial charge >= 0.3 is 6.03 Å². The smallest absolute Gasteiger partial charge is 0.333 e. The van der Waals surface area contributed by atoms with Gasteiger partial charge in [-0.15, -0.1) is 0 Å². The summed E-state index contributed by atoms with van der Waals surface area (Å²) in [6.07, 6.45) is 1.59. The second kappa shape index (κ2) is 10.1. The first-order valence-electron chi connectivity index (χ1n) is 9.41. The van der Waals surface area contributed by atoms with Crippen LogP contribution in [-0.4, -0.2) is 11.9 Å². The molecule has 0 saturated carbocycles. The van der Waals surface area contributed by atoms with Crippen molar-refractivity contribution in [2.45, 2.75) is 6.61 Å². The lowest BCUT2D eigenvalue weighted by atomic mass is 10.1. The van der Waals surface area contributed by atoms with Gasteiger partial charge in [-0.3, -0.25) is 4.79 Å². The number of hydrogen-bond acceptors (Lipinski definition) is 3. The highest BCUT2D eigenvalue weighted by atomic mass is 79.9. The Morgan fingerprint density at radius 2 is 1.67 bits per heavy atom. The van der Waals surface area contributed by atoms with E-state index in [0.29, 0.717) is 41.0 Å². The first-order valence-corrected chi connectivity index (χ1v) is 12.1. The standard InChI is InChI=1S/C23H13Br2Cl3N2O3/c24-16-6-13(7-17(25)21(16)33-11-12-4-5-18(27)19(28)8-12)9-20-22(31)30(23(32)29-20)15-3-1-2-14(26)10-15/h1-10H,11H2,(H,29,32)/b20-9+. The molecule has 4 rings (SSSR count). The van der Waals surface area contributed by atoms with Gasteiger partial charge in [-0.1, -0.05) is 46.9 Å². The molecular formula is C23H13Br2Cl3N2O3. The van der Waals surface area contributed by atoms with Crippen LogP contribution in [0.4, 0.5) is 10.5 Å². The van der Waals surface area contributed by atoms with Crippen LogP contribution in [0.15, 0.2) is 69.2 Å². The molecule has 1 fully saturated rings. The maximum atomic E-state index is 12.8. The Morgan fingerprint density at radius 3 is 2.33 bits per heavy atom. The number of nitrogens with one attached hydrogen (secondary N) is 1. The monoisotopic (exact) mass is 628 g/mol. The van der Waals surface area contributed by atoms with E-state index in [1.807, 2.05) is 6.07 Å². The number of halogens is 5. The highest BCUT2D eigenvalue weighted by Gasteiger charge is 2.35. The number of benzene rings is 3. The van der Waals surface area contributed by atoms with Gasteiger partial charge in [0.25, 0.3) is 5.91 Å². The molecule has 0 radical (unpaired) electrons. The van der Waals surface area contributed by atoms with Gasteiger partial charge in [0.15, 0.2) is 0 Å². The molecule has 3 aromatic carbocycles. The Hall–Kier alpha value is -2.03. The average Bonchev–Trinajstić information content (AvgIpc) is 3.02. The summed E-state index contributed by atoms with van der Waals surface area (Å²) in [6, 6.07) is 14.8. The van der Waals surface area contributed by atoms with E-state index in [4.69, 9.17) is 39.5 Å². The van der Waals surface area contributed by atoms with Gasteiger partial charge in [0.2, 0.25) is 0 Å². The summed E-state index contributed by atoms with van der Waals surface area (Å²) in [6.45, 7) is 0.275. The predicted molar refractivity (Wildman–Crippen MR) is 138 cm³/mol. The molecule has 1 N–H and O–H groups in total. The minimum atomic E-state index is -0.548. The summed E-state index contributed by atoms with van der Waals surface area (Å²) in [7, 11) is 0. The molecule has 1 heterocycles. The van der Waals surface area contributed by atoms with Crippen LogP contribution in [0.3, 0.4) is 0 Å². The highest BCUT2D eigenvalue weighted by Crippen LogP contribution is 2.36. The van der Waals surface area contributed by atoms with Crippen molar-refractivity contribution in [2.24, 2.45) is 0 Å². The average molecular weight is 632 g/mol. The van der Waals surface area contributed by atoms with Gasteiger partial charge < -0.3 is 10.1 Å². The van der Waals surface area contributed by atoms with E-state index in [9.17, 15) is 9.59 Å². The number of urea groups is 1. The van der Waals surface area contributed by atoms with E-state index in [0.717, 1.165) is 10.5 Å². The van der Waals surface area contributed by atoms with E-state index in [-0.39, 0.29) is 12.3 Å². The van der Waals surface area contributed by atoms with Crippen molar-refractivity contribution in [2.75, 3.05) is 4.90 Å². The summed E-state index contributed by atoms with van der Waals surface area (Å²) < 4.78 is 7.24. The second-order valence-electron chi connectivity index (χ2n) is 6.96. The number of nitrogens with zero attached hydrogens (tertiary/aromatic N) is 1. The van der Waals surface area contributed by atoms with Gasteiger partial charge in [-0.25, -0.2) is 9.69 Å². The maximum Gasteiger partial charge on any atom is 0.333 e. The van der Waals surface area contributed by atoms with Crippen LogP contribution in [0, 0.1) is 0 Å². The van der Waals surface area contributed by atoms with Crippen molar-refractivity contribution in [3.05, 3.63) is 95.4 Å². The lowest BCUT2D eigenvalue weighted by molar-refractivity contribution is -0.113. The SMILES string of the molecule is O=C1N/C(=C/c2cc(Br)c(OCc3ccc(Cl)c(Cl)c3)c(Br)c2)C(=O)N1c1cccc(Cl)c1. The lowest BCUT2D eigenvalue weighted by Gasteiger charge is -2.12. The van der Waals surface area contributed by atoms with E-state index in [1.165, 1.54) is 0 Å². The number of ether oxygens (including phenoxy) is 1. The lowest BCUT2D eigenvalue weighted by Crippen LogP contribution is -2.30. The highest BCUT2D eigenvalue weighted by molar-refractivity contribution is 9.11. The quantitative estimate of drug-likeness (QED) is 0.231. The molecule has 33 heavy (non-hydrogen) atoms. The normalized spacial score (nSPS) is 14.7. The molecule has 1 saturated heterocycles. The molecule has 0 unspecified atom stereocenters. The number of imide groups is 1. The summed E-state index contributed by atoms with van der Waals surface area (Å²) in [5, 5.41) is 3.95. The third-order valence-corrected chi connectivity index (χ3v) is 6.80. The van der Waals surface area contributed by atoms with Crippen molar-refractivity contribution in [3.63, 3.8) is 0 Å². The van der Waals surface area contributed by atoms with Crippen LogP contribution in [0.25, 0.3) is 6.08 Å². The fourth-order valence-corrected chi connectivity index (χ4v) is 5.09. The van der Waals surface area contributed by atoms with Crippen molar-refractivity contribution >= 4 is 90.4 Å². The molecule has 5 nitrogen and oxygen atoms in total. The van der Waals surface area contributed by atoms with Crippen molar-refractivity contribution < 1.29 is 14.3 Å². The predicted octanol–water partition coefficient (Wildman–Crippen LogP) is 7.85. The maximum absolute atomic E-state index is 12.8. The molecule has 10 heteroatoms. The van der Waals surface area contributed by atoms with Crippen LogP contribution in [0.2, 0.25) is 15.1 Å². The zero-order valence-electron chi connectivity index (χ0n) is 16.5. The molecule has 1 aliphatic rings. The number of carbonyl (C=O) groups excluding carboxylic acids is 2. The number of rotatable bonds is 5. The minimum Gasteiger partial charge on any atom is -0.487 e. The zero-order chi connectivity index (χ0) is 23.7.